The van der Waals surface area contributed by atoms with E-state index in [9.17, 15) is 9.90 Å². The molecule has 0 spiro atoms. The van der Waals surface area contributed by atoms with Crippen molar-refractivity contribution >= 4 is 16.8 Å². The second kappa shape index (κ2) is 10.9. The van der Waals surface area contributed by atoms with Gasteiger partial charge in [-0.15, -0.1) is 0 Å². The molecule has 3 aromatic rings. The van der Waals surface area contributed by atoms with Crippen molar-refractivity contribution in [2.75, 3.05) is 0 Å². The van der Waals surface area contributed by atoms with Crippen molar-refractivity contribution in [3.05, 3.63) is 65.4 Å². The van der Waals surface area contributed by atoms with Crippen LogP contribution in [0.1, 0.15) is 93.2 Å². The lowest BCUT2D eigenvalue weighted by Gasteiger charge is -2.24. The molecule has 1 amide bonds. The van der Waals surface area contributed by atoms with Gasteiger partial charge in [-0.2, -0.15) is 0 Å². The number of hydrogen-bond acceptors (Lipinski definition) is 2. The van der Waals surface area contributed by atoms with Gasteiger partial charge >= 0.3 is 0 Å². The Balaban J connectivity index is 1.50. The molecule has 1 heterocycles. The number of fused-ring (bicyclic) bond motifs is 1. The Bertz CT molecular complexity index is 1150. The van der Waals surface area contributed by atoms with Crippen molar-refractivity contribution in [3.8, 4) is 5.75 Å². The lowest BCUT2D eigenvalue weighted by molar-refractivity contribution is -0.122. The van der Waals surface area contributed by atoms with Crippen LogP contribution in [-0.4, -0.2) is 21.6 Å². The maximum absolute atomic E-state index is 13.3. The number of phenols is 1. The van der Waals surface area contributed by atoms with Gasteiger partial charge in [-0.1, -0.05) is 68.4 Å². The highest BCUT2D eigenvalue weighted by Crippen LogP contribution is 2.38. The molecule has 1 unspecified atom stereocenters. The molecular formula is C31H40N2O2. The van der Waals surface area contributed by atoms with Gasteiger partial charge in [0, 0.05) is 42.0 Å². The van der Waals surface area contributed by atoms with Gasteiger partial charge < -0.3 is 15.0 Å². The average Bonchev–Trinajstić information content (AvgIpc) is 3.20. The van der Waals surface area contributed by atoms with Gasteiger partial charge in [-0.25, -0.2) is 0 Å². The number of phenolic OH excluding ortho intramolecular Hbond substituents is 1. The van der Waals surface area contributed by atoms with E-state index < -0.39 is 0 Å². The SMILES string of the molecule is Cc1cccc(C(CC(=O)NC2CCCCC2)c2cn(CC3CCCCC3)c3ccc(O)cc23)c1. The minimum atomic E-state index is -0.0459. The monoisotopic (exact) mass is 472 g/mol. The molecule has 0 saturated heterocycles. The van der Waals surface area contributed by atoms with E-state index in [0.29, 0.717) is 18.4 Å². The zero-order valence-corrected chi connectivity index (χ0v) is 21.1. The van der Waals surface area contributed by atoms with Crippen molar-refractivity contribution in [1.82, 2.24) is 9.88 Å². The molecule has 1 aromatic heterocycles. The fraction of sp³-hybridized carbons (Fsp3) is 0.516. The zero-order valence-electron chi connectivity index (χ0n) is 21.1. The number of nitrogens with zero attached hydrogens (tertiary/aromatic N) is 1. The Kier molecular flexibility index (Phi) is 7.46. The number of aromatic nitrogens is 1. The molecule has 186 valence electrons. The van der Waals surface area contributed by atoms with Crippen LogP contribution in [0.5, 0.6) is 5.75 Å². The number of nitrogens with one attached hydrogen (secondary N) is 1. The van der Waals surface area contributed by atoms with Crippen LogP contribution >= 0.6 is 0 Å². The molecular weight excluding hydrogens is 432 g/mol. The highest BCUT2D eigenvalue weighted by Gasteiger charge is 2.26. The number of amides is 1. The lowest BCUT2D eigenvalue weighted by Crippen LogP contribution is -2.36. The van der Waals surface area contributed by atoms with Gasteiger partial charge in [0.2, 0.25) is 5.91 Å². The van der Waals surface area contributed by atoms with Gasteiger partial charge in [0.1, 0.15) is 5.75 Å². The third-order valence-corrected chi connectivity index (χ3v) is 8.25. The topological polar surface area (TPSA) is 54.3 Å². The summed E-state index contributed by atoms with van der Waals surface area (Å²) in [5, 5.41) is 14.8. The van der Waals surface area contributed by atoms with E-state index in [2.05, 4.69) is 47.3 Å². The molecule has 2 saturated carbocycles. The van der Waals surface area contributed by atoms with Gasteiger partial charge in [-0.3, -0.25) is 4.79 Å². The predicted molar refractivity (Wildman–Crippen MR) is 143 cm³/mol. The van der Waals surface area contributed by atoms with Gasteiger partial charge in [0.25, 0.3) is 0 Å². The van der Waals surface area contributed by atoms with Crippen LogP contribution in [-0.2, 0) is 11.3 Å². The van der Waals surface area contributed by atoms with Crippen LogP contribution in [0.3, 0.4) is 0 Å². The molecule has 0 bridgehead atoms. The van der Waals surface area contributed by atoms with Crippen LogP contribution in [0, 0.1) is 12.8 Å². The van der Waals surface area contributed by atoms with Crippen LogP contribution in [0.2, 0.25) is 0 Å². The van der Waals surface area contributed by atoms with Crippen molar-refractivity contribution in [2.45, 2.75) is 96.1 Å². The molecule has 0 aliphatic heterocycles. The zero-order chi connectivity index (χ0) is 24.2. The van der Waals surface area contributed by atoms with E-state index in [0.717, 1.165) is 35.9 Å². The van der Waals surface area contributed by atoms with E-state index in [4.69, 9.17) is 0 Å². The normalized spacial score (nSPS) is 18.5. The van der Waals surface area contributed by atoms with Crippen LogP contribution < -0.4 is 5.32 Å². The number of carbonyl (C=O) groups is 1. The Morgan fingerprint density at radius 2 is 1.74 bits per heavy atom. The molecule has 5 rings (SSSR count). The van der Waals surface area contributed by atoms with E-state index in [1.807, 2.05) is 12.1 Å². The maximum atomic E-state index is 13.3. The maximum Gasteiger partial charge on any atom is 0.221 e. The summed E-state index contributed by atoms with van der Waals surface area (Å²) in [6.07, 6.45) is 15.2. The van der Waals surface area contributed by atoms with Crippen LogP contribution in [0.4, 0.5) is 0 Å². The van der Waals surface area contributed by atoms with Crippen molar-refractivity contribution in [3.63, 3.8) is 0 Å². The summed E-state index contributed by atoms with van der Waals surface area (Å²) < 4.78 is 2.39. The number of aromatic hydroxyl groups is 1. The molecule has 2 aliphatic rings. The minimum Gasteiger partial charge on any atom is -0.508 e. The highest BCUT2D eigenvalue weighted by molar-refractivity contribution is 5.88. The summed E-state index contributed by atoms with van der Waals surface area (Å²) >= 11 is 0. The quantitative estimate of drug-likeness (QED) is 0.382. The molecule has 35 heavy (non-hydrogen) atoms. The van der Waals surface area contributed by atoms with E-state index in [1.165, 1.54) is 62.5 Å². The van der Waals surface area contributed by atoms with Crippen LogP contribution in [0.25, 0.3) is 10.9 Å². The smallest absolute Gasteiger partial charge is 0.221 e. The first-order chi connectivity index (χ1) is 17.1. The highest BCUT2D eigenvalue weighted by atomic mass is 16.3. The summed E-state index contributed by atoms with van der Waals surface area (Å²) in [6, 6.07) is 14.6. The molecule has 4 heteroatoms. The number of carbonyl (C=O) groups excluding carboxylic acids is 1. The Morgan fingerprint density at radius 3 is 2.49 bits per heavy atom. The Morgan fingerprint density at radius 1 is 1.00 bits per heavy atom. The van der Waals surface area contributed by atoms with Gasteiger partial charge in [0.05, 0.1) is 0 Å². The number of rotatable bonds is 7. The standard InChI is InChI=1S/C31H40N2O2/c1-22-9-8-12-24(17-22)27(19-31(35)32-25-13-6-3-7-14-25)29-21-33(20-23-10-4-2-5-11-23)30-16-15-26(34)18-28(29)30/h8-9,12,15-18,21,23,25,27,34H,2-7,10-11,13-14,19-20H2,1H3,(H,32,35). The summed E-state index contributed by atoms with van der Waals surface area (Å²) in [6.45, 7) is 3.12. The second-order valence-corrected chi connectivity index (χ2v) is 11.0. The van der Waals surface area contributed by atoms with Crippen molar-refractivity contribution < 1.29 is 9.90 Å². The molecule has 2 N–H and O–H groups in total. The molecule has 2 aliphatic carbocycles. The Hall–Kier alpha value is -2.75. The van der Waals surface area contributed by atoms with E-state index >= 15 is 0 Å². The molecule has 4 nitrogen and oxygen atoms in total. The molecule has 0 radical (unpaired) electrons. The number of benzene rings is 2. The van der Waals surface area contributed by atoms with Gasteiger partial charge in [-0.05, 0) is 67.9 Å². The first kappa shape index (κ1) is 24.0. The fourth-order valence-electron chi connectivity index (χ4n) is 6.40. The summed E-state index contributed by atoms with van der Waals surface area (Å²) in [5.74, 6) is 1.07. The summed E-state index contributed by atoms with van der Waals surface area (Å²) in [4.78, 5) is 13.3. The minimum absolute atomic E-state index is 0.0459. The number of hydrogen-bond donors (Lipinski definition) is 2. The predicted octanol–water partition coefficient (Wildman–Crippen LogP) is 7.21. The van der Waals surface area contributed by atoms with Crippen molar-refractivity contribution in [2.24, 2.45) is 5.92 Å². The number of aryl methyl sites for hydroxylation is 1. The fourth-order valence-corrected chi connectivity index (χ4v) is 6.40. The van der Waals surface area contributed by atoms with Crippen LogP contribution in [0.15, 0.2) is 48.7 Å². The Labute approximate surface area is 209 Å². The first-order valence-corrected chi connectivity index (χ1v) is 13.7. The average molecular weight is 473 g/mol. The first-order valence-electron chi connectivity index (χ1n) is 13.7. The second-order valence-electron chi connectivity index (χ2n) is 11.0. The molecule has 2 aromatic carbocycles. The summed E-state index contributed by atoms with van der Waals surface area (Å²) in [7, 11) is 0. The van der Waals surface area contributed by atoms with Gasteiger partial charge in [0.15, 0.2) is 0 Å². The lowest BCUT2D eigenvalue weighted by atomic mass is 9.87. The van der Waals surface area contributed by atoms with E-state index in [1.54, 1.807) is 6.07 Å². The summed E-state index contributed by atoms with van der Waals surface area (Å²) in [5.41, 5.74) is 4.68. The third-order valence-electron chi connectivity index (χ3n) is 8.25. The van der Waals surface area contributed by atoms with E-state index in [-0.39, 0.29) is 17.6 Å². The molecule has 2 fully saturated rings. The van der Waals surface area contributed by atoms with Crippen molar-refractivity contribution in [1.29, 1.82) is 0 Å². The largest absolute Gasteiger partial charge is 0.508 e. The molecule has 1 atom stereocenters. The third kappa shape index (κ3) is 5.74.